The van der Waals surface area contributed by atoms with Crippen LogP contribution in [-0.4, -0.2) is 25.2 Å². The van der Waals surface area contributed by atoms with E-state index in [4.69, 9.17) is 15.2 Å². The van der Waals surface area contributed by atoms with Crippen LogP contribution in [0.15, 0.2) is 18.2 Å². The van der Waals surface area contributed by atoms with E-state index in [0.29, 0.717) is 6.61 Å². The molecular weight excluding hydrogens is 254 g/mol. The van der Waals surface area contributed by atoms with Gasteiger partial charge in [-0.1, -0.05) is 6.07 Å². The number of hydrogen-bond acceptors (Lipinski definition) is 4. The van der Waals surface area contributed by atoms with Crippen molar-refractivity contribution in [2.45, 2.75) is 38.6 Å². The minimum atomic E-state index is -0.923. The Labute approximate surface area is 120 Å². The van der Waals surface area contributed by atoms with Gasteiger partial charge in [0.1, 0.15) is 11.3 Å². The predicted octanol–water partition coefficient (Wildman–Crippen LogP) is 2.08. The SMILES string of the molecule is CCOC(=O)[C@](C)(N)[C@@H]1CCc2cc(OC)ccc2C1. The zero-order chi connectivity index (χ0) is 14.8. The molecule has 0 saturated carbocycles. The zero-order valence-corrected chi connectivity index (χ0v) is 12.4. The van der Waals surface area contributed by atoms with Gasteiger partial charge >= 0.3 is 5.97 Å². The van der Waals surface area contributed by atoms with E-state index < -0.39 is 5.54 Å². The van der Waals surface area contributed by atoms with E-state index in [9.17, 15) is 4.79 Å². The highest BCUT2D eigenvalue weighted by atomic mass is 16.5. The van der Waals surface area contributed by atoms with Crippen LogP contribution in [0.1, 0.15) is 31.4 Å². The molecule has 1 aromatic carbocycles. The van der Waals surface area contributed by atoms with Crippen LogP contribution in [0.25, 0.3) is 0 Å². The van der Waals surface area contributed by atoms with E-state index in [-0.39, 0.29) is 11.9 Å². The second-order valence-corrected chi connectivity index (χ2v) is 5.58. The number of benzene rings is 1. The Morgan fingerprint density at radius 1 is 1.45 bits per heavy atom. The Morgan fingerprint density at radius 3 is 2.85 bits per heavy atom. The second kappa shape index (κ2) is 5.83. The Balaban J connectivity index is 2.16. The summed E-state index contributed by atoms with van der Waals surface area (Å²) in [5, 5.41) is 0. The first-order valence-electron chi connectivity index (χ1n) is 7.11. The van der Waals surface area contributed by atoms with Crippen molar-refractivity contribution >= 4 is 5.97 Å². The summed E-state index contributed by atoms with van der Waals surface area (Å²) in [7, 11) is 1.67. The second-order valence-electron chi connectivity index (χ2n) is 5.58. The minimum Gasteiger partial charge on any atom is -0.497 e. The van der Waals surface area contributed by atoms with Gasteiger partial charge in [0, 0.05) is 0 Å². The molecule has 0 amide bonds. The monoisotopic (exact) mass is 277 g/mol. The third-order valence-corrected chi connectivity index (χ3v) is 4.21. The molecule has 0 spiro atoms. The highest BCUT2D eigenvalue weighted by Gasteiger charge is 2.40. The summed E-state index contributed by atoms with van der Waals surface area (Å²) in [5.41, 5.74) is 7.86. The average Bonchev–Trinajstić information content (AvgIpc) is 2.46. The van der Waals surface area contributed by atoms with Gasteiger partial charge in [0.05, 0.1) is 13.7 Å². The van der Waals surface area contributed by atoms with Crippen LogP contribution in [0.4, 0.5) is 0 Å². The Hall–Kier alpha value is -1.55. The van der Waals surface area contributed by atoms with Gasteiger partial charge in [-0.05, 0) is 62.3 Å². The molecule has 0 saturated heterocycles. The maximum absolute atomic E-state index is 12.0. The van der Waals surface area contributed by atoms with E-state index in [1.54, 1.807) is 21.0 Å². The molecule has 110 valence electrons. The van der Waals surface area contributed by atoms with Crippen molar-refractivity contribution in [3.8, 4) is 5.75 Å². The van der Waals surface area contributed by atoms with E-state index in [0.717, 1.165) is 25.0 Å². The van der Waals surface area contributed by atoms with E-state index in [1.165, 1.54) is 11.1 Å². The molecule has 0 fully saturated rings. The van der Waals surface area contributed by atoms with Crippen molar-refractivity contribution < 1.29 is 14.3 Å². The quantitative estimate of drug-likeness (QED) is 0.856. The lowest BCUT2D eigenvalue weighted by Gasteiger charge is -2.35. The van der Waals surface area contributed by atoms with Gasteiger partial charge in [-0.3, -0.25) is 4.79 Å². The molecule has 0 unspecified atom stereocenters. The first-order valence-corrected chi connectivity index (χ1v) is 7.11. The van der Waals surface area contributed by atoms with Crippen molar-refractivity contribution in [2.24, 2.45) is 11.7 Å². The van der Waals surface area contributed by atoms with E-state index in [2.05, 4.69) is 12.1 Å². The van der Waals surface area contributed by atoms with Crippen molar-refractivity contribution in [1.82, 2.24) is 0 Å². The van der Waals surface area contributed by atoms with Gasteiger partial charge in [0.2, 0.25) is 0 Å². The highest BCUT2D eigenvalue weighted by molar-refractivity contribution is 5.80. The normalized spacial score (nSPS) is 20.7. The maximum Gasteiger partial charge on any atom is 0.326 e. The van der Waals surface area contributed by atoms with Crippen LogP contribution in [0.2, 0.25) is 0 Å². The van der Waals surface area contributed by atoms with Crippen LogP contribution in [0.3, 0.4) is 0 Å². The summed E-state index contributed by atoms with van der Waals surface area (Å²) in [5.74, 6) is 0.688. The highest BCUT2D eigenvalue weighted by Crippen LogP contribution is 2.33. The first kappa shape index (κ1) is 14.9. The van der Waals surface area contributed by atoms with Gasteiger partial charge < -0.3 is 15.2 Å². The molecule has 4 nitrogen and oxygen atoms in total. The molecule has 2 atom stereocenters. The molecular formula is C16H23NO3. The first-order chi connectivity index (χ1) is 9.48. The zero-order valence-electron chi connectivity index (χ0n) is 12.4. The number of methoxy groups -OCH3 is 1. The summed E-state index contributed by atoms with van der Waals surface area (Å²) >= 11 is 0. The Bertz CT molecular complexity index is 496. The summed E-state index contributed by atoms with van der Waals surface area (Å²) in [6, 6.07) is 6.10. The van der Waals surface area contributed by atoms with Crippen molar-refractivity contribution in [1.29, 1.82) is 0 Å². The molecule has 2 N–H and O–H groups in total. The smallest absolute Gasteiger partial charge is 0.326 e. The molecule has 0 bridgehead atoms. The Kier molecular flexibility index (Phi) is 4.33. The minimum absolute atomic E-state index is 0.113. The number of fused-ring (bicyclic) bond motifs is 1. The molecule has 1 aliphatic carbocycles. The number of ether oxygens (including phenoxy) is 2. The lowest BCUT2D eigenvalue weighted by molar-refractivity contribution is -0.151. The average molecular weight is 277 g/mol. The molecule has 2 rings (SSSR count). The molecule has 4 heteroatoms. The predicted molar refractivity (Wildman–Crippen MR) is 77.7 cm³/mol. The van der Waals surface area contributed by atoms with Crippen LogP contribution >= 0.6 is 0 Å². The van der Waals surface area contributed by atoms with Crippen molar-refractivity contribution in [2.75, 3.05) is 13.7 Å². The fraction of sp³-hybridized carbons (Fsp3) is 0.562. The van der Waals surface area contributed by atoms with Crippen LogP contribution in [-0.2, 0) is 22.4 Å². The van der Waals surface area contributed by atoms with Gasteiger partial charge in [-0.25, -0.2) is 0 Å². The third kappa shape index (κ3) is 2.80. The molecule has 0 aromatic heterocycles. The van der Waals surface area contributed by atoms with E-state index >= 15 is 0 Å². The summed E-state index contributed by atoms with van der Waals surface area (Å²) in [6.45, 7) is 3.95. The number of aryl methyl sites for hydroxylation is 1. The molecule has 20 heavy (non-hydrogen) atoms. The molecule has 1 aromatic rings. The number of esters is 1. The van der Waals surface area contributed by atoms with Gasteiger partial charge in [0.25, 0.3) is 0 Å². The number of carbonyl (C=O) groups is 1. The largest absolute Gasteiger partial charge is 0.497 e. The van der Waals surface area contributed by atoms with Crippen LogP contribution < -0.4 is 10.5 Å². The lowest BCUT2D eigenvalue weighted by atomic mass is 9.74. The van der Waals surface area contributed by atoms with Crippen LogP contribution in [0.5, 0.6) is 5.75 Å². The fourth-order valence-corrected chi connectivity index (χ4v) is 2.82. The van der Waals surface area contributed by atoms with Crippen molar-refractivity contribution in [3.63, 3.8) is 0 Å². The number of rotatable bonds is 4. The summed E-state index contributed by atoms with van der Waals surface area (Å²) in [6.07, 6.45) is 2.63. The number of carbonyl (C=O) groups excluding carboxylic acids is 1. The molecule has 0 radical (unpaired) electrons. The topological polar surface area (TPSA) is 61.5 Å². The summed E-state index contributed by atoms with van der Waals surface area (Å²) < 4.78 is 10.3. The fourth-order valence-electron chi connectivity index (χ4n) is 2.82. The van der Waals surface area contributed by atoms with Crippen molar-refractivity contribution in [3.05, 3.63) is 29.3 Å². The standard InChI is InChI=1S/C16H23NO3/c1-4-20-15(18)16(2,17)13-7-5-12-10-14(19-3)8-6-11(12)9-13/h6,8,10,13H,4-5,7,9,17H2,1-3H3/t13-,16-/m1/s1. The molecule has 0 aliphatic heterocycles. The summed E-state index contributed by atoms with van der Waals surface area (Å²) in [4.78, 5) is 12.0. The van der Waals surface area contributed by atoms with Gasteiger partial charge in [-0.2, -0.15) is 0 Å². The lowest BCUT2D eigenvalue weighted by Crippen LogP contribution is -2.54. The van der Waals surface area contributed by atoms with E-state index in [1.807, 2.05) is 6.07 Å². The van der Waals surface area contributed by atoms with Crippen LogP contribution in [0, 0.1) is 5.92 Å². The van der Waals surface area contributed by atoms with Gasteiger partial charge in [0.15, 0.2) is 0 Å². The Morgan fingerprint density at radius 2 is 2.20 bits per heavy atom. The molecule has 0 heterocycles. The molecule has 1 aliphatic rings. The number of hydrogen-bond donors (Lipinski definition) is 1. The number of nitrogens with two attached hydrogens (primary N) is 1. The van der Waals surface area contributed by atoms with Gasteiger partial charge in [-0.15, -0.1) is 0 Å². The third-order valence-electron chi connectivity index (χ3n) is 4.21. The maximum atomic E-state index is 12.0.